The van der Waals surface area contributed by atoms with Crippen LogP contribution in [0.5, 0.6) is 0 Å². The number of aryl methyl sites for hydroxylation is 1. The van der Waals surface area contributed by atoms with Crippen LogP contribution < -0.4 is 4.90 Å². The van der Waals surface area contributed by atoms with Crippen LogP contribution in [0.25, 0.3) is 11.0 Å². The van der Waals surface area contributed by atoms with E-state index in [1.165, 1.54) is 5.56 Å². The lowest BCUT2D eigenvalue weighted by Gasteiger charge is -2.17. The van der Waals surface area contributed by atoms with Gasteiger partial charge in [-0.15, -0.1) is 6.58 Å². The molecule has 4 rings (SSSR count). The first kappa shape index (κ1) is 16.6. The van der Waals surface area contributed by atoms with Crippen LogP contribution in [0.3, 0.4) is 0 Å². The van der Waals surface area contributed by atoms with E-state index in [9.17, 15) is 4.79 Å². The Morgan fingerprint density at radius 2 is 1.96 bits per heavy atom. The summed E-state index contributed by atoms with van der Waals surface area (Å²) in [6, 6.07) is 16.4. The highest BCUT2D eigenvalue weighted by Crippen LogP contribution is 2.33. The Morgan fingerprint density at radius 1 is 1.19 bits per heavy atom. The van der Waals surface area contributed by atoms with Crippen molar-refractivity contribution in [2.24, 2.45) is 0 Å². The van der Waals surface area contributed by atoms with Crippen molar-refractivity contribution in [3.8, 4) is 0 Å². The van der Waals surface area contributed by atoms with Crippen LogP contribution in [-0.4, -0.2) is 22.0 Å². The second-order valence-corrected chi connectivity index (χ2v) is 6.78. The Hall–Kier alpha value is -2.88. The number of imidazole rings is 1. The fraction of sp³-hybridized carbons (Fsp3) is 0.273. The molecule has 1 unspecified atom stereocenters. The monoisotopic (exact) mass is 345 g/mol. The molecule has 0 spiro atoms. The van der Waals surface area contributed by atoms with E-state index < -0.39 is 0 Å². The van der Waals surface area contributed by atoms with Crippen LogP contribution in [0.4, 0.5) is 5.69 Å². The third-order valence-corrected chi connectivity index (χ3v) is 5.14. The van der Waals surface area contributed by atoms with Gasteiger partial charge < -0.3 is 9.47 Å². The number of hydrogen-bond acceptors (Lipinski definition) is 2. The van der Waals surface area contributed by atoms with Gasteiger partial charge in [-0.3, -0.25) is 4.79 Å². The first-order valence-corrected chi connectivity index (χ1v) is 9.16. The van der Waals surface area contributed by atoms with Crippen molar-refractivity contribution in [1.29, 1.82) is 0 Å². The molecule has 1 aliphatic heterocycles. The zero-order valence-electron chi connectivity index (χ0n) is 15.1. The molecule has 1 aliphatic rings. The maximum Gasteiger partial charge on any atom is 0.227 e. The Kier molecular flexibility index (Phi) is 4.33. The molecule has 0 radical (unpaired) electrons. The van der Waals surface area contributed by atoms with E-state index >= 15 is 0 Å². The number of allylic oxidation sites excluding steroid dienone is 1. The van der Waals surface area contributed by atoms with Gasteiger partial charge in [0, 0.05) is 31.1 Å². The van der Waals surface area contributed by atoms with Crippen LogP contribution in [0.15, 0.2) is 61.2 Å². The van der Waals surface area contributed by atoms with Gasteiger partial charge in [0.1, 0.15) is 5.82 Å². The van der Waals surface area contributed by atoms with E-state index in [-0.39, 0.29) is 11.8 Å². The quantitative estimate of drug-likeness (QED) is 0.647. The lowest BCUT2D eigenvalue weighted by molar-refractivity contribution is -0.117. The second kappa shape index (κ2) is 6.79. The predicted octanol–water partition coefficient (Wildman–Crippen LogP) is 4.31. The molecular formula is C22H23N3O. The van der Waals surface area contributed by atoms with Gasteiger partial charge in [-0.1, -0.05) is 37.3 Å². The largest absolute Gasteiger partial charge is 0.324 e. The maximum atomic E-state index is 12.7. The fourth-order valence-corrected chi connectivity index (χ4v) is 3.77. The Morgan fingerprint density at radius 3 is 2.69 bits per heavy atom. The number of anilines is 1. The second-order valence-electron chi connectivity index (χ2n) is 6.78. The van der Waals surface area contributed by atoms with Crippen molar-refractivity contribution in [2.75, 3.05) is 11.4 Å². The number of carbonyl (C=O) groups is 1. The molecule has 1 atom stereocenters. The van der Waals surface area contributed by atoms with Crippen LogP contribution in [0.2, 0.25) is 0 Å². The van der Waals surface area contributed by atoms with Crippen molar-refractivity contribution in [3.63, 3.8) is 0 Å². The highest BCUT2D eigenvalue weighted by Gasteiger charge is 2.34. The van der Waals surface area contributed by atoms with Gasteiger partial charge in [0.05, 0.1) is 11.0 Å². The Balaban J connectivity index is 1.67. The van der Waals surface area contributed by atoms with E-state index in [0.29, 0.717) is 19.5 Å². The highest BCUT2D eigenvalue weighted by molar-refractivity contribution is 5.96. The minimum absolute atomic E-state index is 0.0979. The summed E-state index contributed by atoms with van der Waals surface area (Å²) in [7, 11) is 0. The number of nitrogens with zero attached hydrogens (tertiary/aromatic N) is 3. The van der Waals surface area contributed by atoms with Crippen molar-refractivity contribution in [2.45, 2.75) is 32.2 Å². The topological polar surface area (TPSA) is 38.1 Å². The zero-order chi connectivity index (χ0) is 18.1. The summed E-state index contributed by atoms with van der Waals surface area (Å²) in [5, 5.41) is 0. The van der Waals surface area contributed by atoms with Crippen LogP contribution in [0, 0.1) is 0 Å². The number of carbonyl (C=O) groups excluding carboxylic acids is 1. The molecule has 1 amide bonds. The number of amides is 1. The molecular weight excluding hydrogens is 322 g/mol. The van der Waals surface area contributed by atoms with Gasteiger partial charge in [-0.2, -0.15) is 0 Å². The summed E-state index contributed by atoms with van der Waals surface area (Å²) in [5.41, 5.74) is 4.33. The molecule has 2 heterocycles. The average molecular weight is 345 g/mol. The minimum Gasteiger partial charge on any atom is -0.324 e. The third-order valence-electron chi connectivity index (χ3n) is 5.14. The molecule has 0 aliphatic carbocycles. The molecule has 1 saturated heterocycles. The molecule has 0 bridgehead atoms. The lowest BCUT2D eigenvalue weighted by atomic mass is 10.1. The predicted molar refractivity (Wildman–Crippen MR) is 105 cm³/mol. The molecule has 26 heavy (non-hydrogen) atoms. The summed E-state index contributed by atoms with van der Waals surface area (Å²) in [6.07, 6.45) is 3.38. The summed E-state index contributed by atoms with van der Waals surface area (Å²) in [4.78, 5) is 19.4. The maximum absolute atomic E-state index is 12.7. The first-order valence-electron chi connectivity index (χ1n) is 9.16. The summed E-state index contributed by atoms with van der Waals surface area (Å²) < 4.78 is 2.18. The van der Waals surface area contributed by atoms with Crippen molar-refractivity contribution >= 4 is 22.6 Å². The molecule has 1 fully saturated rings. The van der Waals surface area contributed by atoms with Crippen molar-refractivity contribution < 1.29 is 4.79 Å². The molecule has 132 valence electrons. The molecule has 2 aromatic carbocycles. The standard InChI is InChI=1S/C22H23N3O/c1-3-13-24-20-8-6-5-7-19(20)23-22(24)17-14-21(26)25(15-17)18-11-9-16(4-2)10-12-18/h3,5-12,17H,1,4,13-15H2,2H3. The van der Waals surface area contributed by atoms with Crippen LogP contribution in [-0.2, 0) is 17.8 Å². The molecule has 1 aromatic heterocycles. The fourth-order valence-electron chi connectivity index (χ4n) is 3.77. The van der Waals surface area contributed by atoms with E-state index in [1.807, 2.05) is 41.3 Å². The lowest BCUT2D eigenvalue weighted by Crippen LogP contribution is -2.24. The van der Waals surface area contributed by atoms with E-state index in [4.69, 9.17) is 4.98 Å². The van der Waals surface area contributed by atoms with Gasteiger partial charge in [-0.05, 0) is 36.2 Å². The Bertz CT molecular complexity index is 955. The summed E-state index contributed by atoms with van der Waals surface area (Å²) >= 11 is 0. The van der Waals surface area contributed by atoms with Gasteiger partial charge >= 0.3 is 0 Å². The smallest absolute Gasteiger partial charge is 0.227 e. The van der Waals surface area contributed by atoms with Gasteiger partial charge in [0.25, 0.3) is 0 Å². The van der Waals surface area contributed by atoms with E-state index in [1.54, 1.807) is 0 Å². The highest BCUT2D eigenvalue weighted by atomic mass is 16.2. The molecule has 0 saturated carbocycles. The first-order chi connectivity index (χ1) is 12.7. The van der Waals surface area contributed by atoms with E-state index in [2.05, 4.69) is 36.3 Å². The van der Waals surface area contributed by atoms with Crippen LogP contribution in [0.1, 0.15) is 30.7 Å². The number of benzene rings is 2. The number of para-hydroxylation sites is 2. The number of aromatic nitrogens is 2. The van der Waals surface area contributed by atoms with Gasteiger partial charge in [-0.25, -0.2) is 4.98 Å². The van der Waals surface area contributed by atoms with Gasteiger partial charge in [0.15, 0.2) is 0 Å². The minimum atomic E-state index is 0.0979. The molecule has 3 aromatic rings. The normalized spacial score (nSPS) is 17.2. The number of hydrogen-bond donors (Lipinski definition) is 0. The van der Waals surface area contributed by atoms with Crippen molar-refractivity contribution in [1.82, 2.24) is 9.55 Å². The summed E-state index contributed by atoms with van der Waals surface area (Å²) in [5.74, 6) is 1.24. The Labute approximate surface area is 153 Å². The number of rotatable bonds is 5. The van der Waals surface area contributed by atoms with Gasteiger partial charge in [0.2, 0.25) is 5.91 Å². The third kappa shape index (κ3) is 2.81. The molecule has 4 heteroatoms. The van der Waals surface area contributed by atoms with Crippen LogP contribution >= 0.6 is 0 Å². The summed E-state index contributed by atoms with van der Waals surface area (Å²) in [6.45, 7) is 7.38. The van der Waals surface area contributed by atoms with Crippen molar-refractivity contribution in [3.05, 3.63) is 72.6 Å². The molecule has 0 N–H and O–H groups in total. The average Bonchev–Trinajstić information content (AvgIpc) is 3.23. The number of fused-ring (bicyclic) bond motifs is 1. The van der Waals surface area contributed by atoms with E-state index in [0.717, 1.165) is 29.0 Å². The SMILES string of the molecule is C=CCn1c(C2CC(=O)N(c3ccc(CC)cc3)C2)nc2ccccc21. The zero-order valence-corrected chi connectivity index (χ0v) is 15.1. The molecule has 4 nitrogen and oxygen atoms in total.